The summed E-state index contributed by atoms with van der Waals surface area (Å²) in [6, 6.07) is 6.28. The van der Waals surface area contributed by atoms with Crippen molar-refractivity contribution in [2.45, 2.75) is 14.5 Å². The minimum absolute atomic E-state index is 0.127. The van der Waals surface area contributed by atoms with Crippen LogP contribution in [-0.2, 0) is 12.4 Å². The summed E-state index contributed by atoms with van der Waals surface area (Å²) in [6.07, 6.45) is 0. The van der Waals surface area contributed by atoms with Gasteiger partial charge in [0.25, 0.3) is 0 Å². The van der Waals surface area contributed by atoms with Crippen LogP contribution in [0.2, 0.25) is 0 Å². The molecule has 11 heteroatoms. The number of carbonyl (C=O) groups excluding carboxylic acids is 1. The number of esters is 1. The molecule has 0 saturated heterocycles. The third-order valence-electron chi connectivity index (χ3n) is 2.52. The molecule has 2 rings (SSSR count). The highest BCUT2D eigenvalue weighted by Crippen LogP contribution is 2.40. The fraction of sp³-hybridized carbons (Fsp3) is 0.231. The van der Waals surface area contributed by atoms with Crippen molar-refractivity contribution in [1.29, 1.82) is 0 Å². The molecule has 0 aliphatic heterocycles. The average molecular weight is 450 g/mol. The molecule has 0 amide bonds. The zero-order valence-corrected chi connectivity index (χ0v) is 16.3. The zero-order valence-electron chi connectivity index (χ0n) is 11.7. The molecule has 0 bridgehead atoms. The van der Waals surface area contributed by atoms with Crippen LogP contribution in [0, 0.1) is 0 Å². The van der Waals surface area contributed by atoms with Crippen LogP contribution in [0.3, 0.4) is 0 Å². The summed E-state index contributed by atoms with van der Waals surface area (Å²) >= 11 is 34.9. The molecular weight excluding hydrogens is 443 g/mol. The highest BCUT2D eigenvalue weighted by Gasteiger charge is 2.34. The fourth-order valence-electron chi connectivity index (χ4n) is 1.60. The number of nitrogens with zero attached hydrogens (tertiary/aromatic N) is 3. The SMILES string of the molecule is CC(=O)Oc1ccc(-c2nc(C(Cl)(Cl)Cl)nc(C(Cl)(Cl)Cl)n2)cc1. The van der Waals surface area contributed by atoms with E-state index in [4.69, 9.17) is 74.3 Å². The molecule has 0 spiro atoms. The Morgan fingerprint density at radius 1 is 0.875 bits per heavy atom. The van der Waals surface area contributed by atoms with Gasteiger partial charge in [-0.15, -0.1) is 0 Å². The first-order valence-corrected chi connectivity index (χ1v) is 8.43. The highest BCUT2D eigenvalue weighted by atomic mass is 35.6. The molecule has 0 unspecified atom stereocenters. The Balaban J connectivity index is 2.51. The lowest BCUT2D eigenvalue weighted by atomic mass is 10.2. The lowest BCUT2D eigenvalue weighted by Crippen LogP contribution is -2.16. The van der Waals surface area contributed by atoms with Crippen molar-refractivity contribution in [3.8, 4) is 17.1 Å². The Hall–Kier alpha value is -0.560. The lowest BCUT2D eigenvalue weighted by molar-refractivity contribution is -0.131. The molecule has 128 valence electrons. The summed E-state index contributed by atoms with van der Waals surface area (Å²) in [5, 5.41) is 0. The quantitative estimate of drug-likeness (QED) is 0.362. The minimum atomic E-state index is -1.93. The molecule has 24 heavy (non-hydrogen) atoms. The van der Waals surface area contributed by atoms with Crippen LogP contribution < -0.4 is 4.74 Å². The molecule has 0 aliphatic rings. The normalized spacial score (nSPS) is 12.1. The molecule has 0 atom stereocenters. The van der Waals surface area contributed by atoms with Gasteiger partial charge in [0.2, 0.25) is 7.59 Å². The van der Waals surface area contributed by atoms with E-state index in [1.165, 1.54) is 6.92 Å². The number of ether oxygens (including phenoxy) is 1. The van der Waals surface area contributed by atoms with E-state index < -0.39 is 13.6 Å². The molecule has 5 nitrogen and oxygen atoms in total. The van der Waals surface area contributed by atoms with Crippen molar-refractivity contribution in [3.05, 3.63) is 35.9 Å². The Morgan fingerprint density at radius 3 is 1.71 bits per heavy atom. The number of benzene rings is 1. The monoisotopic (exact) mass is 447 g/mol. The Labute approximate surface area is 167 Å². The van der Waals surface area contributed by atoms with Gasteiger partial charge in [0.1, 0.15) is 5.75 Å². The Morgan fingerprint density at radius 2 is 1.33 bits per heavy atom. The van der Waals surface area contributed by atoms with E-state index >= 15 is 0 Å². The van der Waals surface area contributed by atoms with Crippen molar-refractivity contribution < 1.29 is 9.53 Å². The van der Waals surface area contributed by atoms with Crippen LogP contribution in [0.4, 0.5) is 0 Å². The van der Waals surface area contributed by atoms with E-state index in [0.717, 1.165) is 0 Å². The zero-order chi connectivity index (χ0) is 18.1. The average Bonchev–Trinajstić information content (AvgIpc) is 2.45. The topological polar surface area (TPSA) is 65.0 Å². The number of aromatic nitrogens is 3. The summed E-state index contributed by atoms with van der Waals surface area (Å²) in [4.78, 5) is 23.0. The fourth-order valence-corrected chi connectivity index (χ4v) is 2.10. The summed E-state index contributed by atoms with van der Waals surface area (Å²) in [6.45, 7) is 1.29. The Kier molecular flexibility index (Phi) is 6.06. The van der Waals surface area contributed by atoms with Crippen LogP contribution in [0.5, 0.6) is 5.75 Å². The molecule has 0 N–H and O–H groups in total. The summed E-state index contributed by atoms with van der Waals surface area (Å²) in [5.74, 6) is -0.351. The molecule has 0 fully saturated rings. The van der Waals surface area contributed by atoms with Crippen LogP contribution in [0.25, 0.3) is 11.4 Å². The molecule has 2 aromatic rings. The number of hydrogen-bond acceptors (Lipinski definition) is 5. The van der Waals surface area contributed by atoms with Crippen molar-refractivity contribution >= 4 is 75.6 Å². The van der Waals surface area contributed by atoms with Gasteiger partial charge in [-0.1, -0.05) is 69.6 Å². The van der Waals surface area contributed by atoms with Crippen molar-refractivity contribution in [2.75, 3.05) is 0 Å². The van der Waals surface area contributed by atoms with E-state index in [2.05, 4.69) is 15.0 Å². The molecular formula is C13H7Cl6N3O2. The van der Waals surface area contributed by atoms with Gasteiger partial charge < -0.3 is 4.74 Å². The first kappa shape index (κ1) is 19.8. The standard InChI is InChI=1S/C13H7Cl6N3O2/c1-6(23)24-8-4-2-7(3-5-8)9-20-10(12(14,15)16)22-11(21-9)13(17,18)19/h2-5H,1H3. The molecule has 1 heterocycles. The minimum Gasteiger partial charge on any atom is -0.427 e. The number of alkyl halides is 6. The van der Waals surface area contributed by atoms with Crippen LogP contribution in [0.15, 0.2) is 24.3 Å². The smallest absolute Gasteiger partial charge is 0.308 e. The van der Waals surface area contributed by atoms with Gasteiger partial charge in [-0.25, -0.2) is 15.0 Å². The highest BCUT2D eigenvalue weighted by molar-refractivity contribution is 6.67. The van der Waals surface area contributed by atoms with Gasteiger partial charge in [0.05, 0.1) is 0 Å². The summed E-state index contributed by atoms with van der Waals surface area (Å²) < 4.78 is 1.08. The molecule has 0 aliphatic carbocycles. The number of rotatable bonds is 2. The van der Waals surface area contributed by atoms with E-state index in [-0.39, 0.29) is 17.5 Å². The maximum absolute atomic E-state index is 10.9. The van der Waals surface area contributed by atoms with Crippen molar-refractivity contribution in [1.82, 2.24) is 15.0 Å². The van der Waals surface area contributed by atoms with Gasteiger partial charge >= 0.3 is 5.97 Å². The van der Waals surface area contributed by atoms with Crippen molar-refractivity contribution in [2.24, 2.45) is 0 Å². The number of halogens is 6. The Bertz CT molecular complexity index is 724. The van der Waals surface area contributed by atoms with Gasteiger partial charge in [-0.2, -0.15) is 0 Å². The van der Waals surface area contributed by atoms with E-state index in [0.29, 0.717) is 11.3 Å². The van der Waals surface area contributed by atoms with Crippen LogP contribution in [0.1, 0.15) is 18.6 Å². The largest absolute Gasteiger partial charge is 0.427 e. The second kappa shape index (κ2) is 7.36. The third kappa shape index (κ3) is 5.22. The van der Waals surface area contributed by atoms with Crippen molar-refractivity contribution in [3.63, 3.8) is 0 Å². The number of hydrogen-bond donors (Lipinski definition) is 0. The molecule has 1 aromatic heterocycles. The third-order valence-corrected chi connectivity index (χ3v) is 3.53. The van der Waals surface area contributed by atoms with E-state index in [1.54, 1.807) is 24.3 Å². The number of carbonyl (C=O) groups is 1. The van der Waals surface area contributed by atoms with Gasteiger partial charge in [-0.05, 0) is 24.3 Å². The summed E-state index contributed by atoms with van der Waals surface area (Å²) in [7, 11) is 0. The second-order valence-electron chi connectivity index (χ2n) is 4.42. The maximum atomic E-state index is 10.9. The van der Waals surface area contributed by atoms with Gasteiger partial charge in [-0.3, -0.25) is 4.79 Å². The van der Waals surface area contributed by atoms with E-state index in [1.807, 2.05) is 0 Å². The van der Waals surface area contributed by atoms with Gasteiger partial charge in [0.15, 0.2) is 17.5 Å². The maximum Gasteiger partial charge on any atom is 0.308 e. The van der Waals surface area contributed by atoms with Crippen LogP contribution in [-0.4, -0.2) is 20.9 Å². The van der Waals surface area contributed by atoms with Gasteiger partial charge in [0, 0.05) is 12.5 Å². The first-order chi connectivity index (χ1) is 11.0. The predicted molar refractivity (Wildman–Crippen MR) is 95.0 cm³/mol. The second-order valence-corrected chi connectivity index (χ2v) is 8.98. The predicted octanol–water partition coefficient (Wildman–Crippen LogP) is 5.12. The van der Waals surface area contributed by atoms with E-state index in [9.17, 15) is 4.79 Å². The first-order valence-electron chi connectivity index (χ1n) is 6.16. The van der Waals surface area contributed by atoms with Crippen LogP contribution >= 0.6 is 69.6 Å². The lowest BCUT2D eigenvalue weighted by Gasteiger charge is -2.15. The molecule has 0 saturated carbocycles. The molecule has 0 radical (unpaired) electrons. The molecule has 1 aromatic carbocycles. The summed E-state index contributed by atoms with van der Waals surface area (Å²) in [5.41, 5.74) is 0.513.